The van der Waals surface area contributed by atoms with Crippen LogP contribution in [0.2, 0.25) is 0 Å². The van der Waals surface area contributed by atoms with Gasteiger partial charge in [-0.3, -0.25) is 4.90 Å². The lowest BCUT2D eigenvalue weighted by molar-refractivity contribution is 0.220. The van der Waals surface area contributed by atoms with E-state index < -0.39 is 0 Å². The molecule has 0 bridgehead atoms. The number of rotatable bonds is 3. The molecule has 3 heteroatoms. The van der Waals surface area contributed by atoms with Gasteiger partial charge in [-0.05, 0) is 37.6 Å². The standard InChI is InChI=1S/C13H19FN2/c1-16(13-7-3-6-12(13)15)9-10-4-2-5-11(14)8-10/h2,4-5,8,12-13H,3,6-7,9,15H2,1H3. The van der Waals surface area contributed by atoms with Crippen molar-refractivity contribution >= 4 is 0 Å². The molecule has 0 saturated heterocycles. The minimum Gasteiger partial charge on any atom is -0.326 e. The fraction of sp³-hybridized carbons (Fsp3) is 0.538. The van der Waals surface area contributed by atoms with Crippen molar-refractivity contribution in [1.82, 2.24) is 4.90 Å². The Balaban J connectivity index is 1.99. The van der Waals surface area contributed by atoms with Gasteiger partial charge in [-0.25, -0.2) is 4.39 Å². The summed E-state index contributed by atoms with van der Waals surface area (Å²) in [7, 11) is 2.07. The Labute approximate surface area is 96.2 Å². The van der Waals surface area contributed by atoms with Gasteiger partial charge in [0, 0.05) is 18.6 Å². The quantitative estimate of drug-likeness (QED) is 0.849. The van der Waals surface area contributed by atoms with Gasteiger partial charge in [-0.15, -0.1) is 0 Å². The first-order valence-electron chi connectivity index (χ1n) is 5.87. The van der Waals surface area contributed by atoms with Gasteiger partial charge in [0.15, 0.2) is 0 Å². The summed E-state index contributed by atoms with van der Waals surface area (Å²) in [4.78, 5) is 2.24. The zero-order valence-corrected chi connectivity index (χ0v) is 9.70. The average Bonchev–Trinajstić information content (AvgIpc) is 2.64. The monoisotopic (exact) mass is 222 g/mol. The van der Waals surface area contributed by atoms with E-state index in [0.29, 0.717) is 6.04 Å². The second-order valence-electron chi connectivity index (χ2n) is 4.71. The number of hydrogen-bond donors (Lipinski definition) is 1. The van der Waals surface area contributed by atoms with Crippen LogP contribution in [0, 0.1) is 5.82 Å². The van der Waals surface area contributed by atoms with Gasteiger partial charge in [0.05, 0.1) is 0 Å². The first-order chi connectivity index (χ1) is 7.66. The van der Waals surface area contributed by atoms with Crippen LogP contribution in [0.5, 0.6) is 0 Å². The minimum atomic E-state index is -0.165. The van der Waals surface area contributed by atoms with Gasteiger partial charge >= 0.3 is 0 Å². The summed E-state index contributed by atoms with van der Waals surface area (Å²) in [6.45, 7) is 0.774. The van der Waals surface area contributed by atoms with Crippen molar-refractivity contribution in [2.24, 2.45) is 5.73 Å². The van der Waals surface area contributed by atoms with Gasteiger partial charge < -0.3 is 5.73 Å². The summed E-state index contributed by atoms with van der Waals surface area (Å²) in [6, 6.07) is 7.51. The predicted molar refractivity (Wildman–Crippen MR) is 63.5 cm³/mol. The molecule has 1 fully saturated rings. The second kappa shape index (κ2) is 4.93. The molecule has 1 aliphatic rings. The fourth-order valence-corrected chi connectivity index (χ4v) is 2.56. The maximum atomic E-state index is 13.0. The van der Waals surface area contributed by atoms with Crippen LogP contribution in [0.4, 0.5) is 4.39 Å². The molecule has 1 aliphatic carbocycles. The highest BCUT2D eigenvalue weighted by Gasteiger charge is 2.27. The van der Waals surface area contributed by atoms with Crippen LogP contribution in [0.15, 0.2) is 24.3 Å². The largest absolute Gasteiger partial charge is 0.326 e. The van der Waals surface area contributed by atoms with Gasteiger partial charge in [0.2, 0.25) is 0 Å². The SMILES string of the molecule is CN(Cc1cccc(F)c1)C1CCCC1N. The lowest BCUT2D eigenvalue weighted by Gasteiger charge is -2.27. The lowest BCUT2D eigenvalue weighted by Crippen LogP contribution is -2.41. The average molecular weight is 222 g/mol. The molecule has 0 radical (unpaired) electrons. The van der Waals surface area contributed by atoms with Crippen LogP contribution in [0.3, 0.4) is 0 Å². The Morgan fingerprint density at radius 3 is 2.88 bits per heavy atom. The van der Waals surface area contributed by atoms with E-state index in [1.807, 2.05) is 6.07 Å². The Morgan fingerprint density at radius 1 is 1.44 bits per heavy atom. The molecule has 2 nitrogen and oxygen atoms in total. The molecule has 2 unspecified atom stereocenters. The van der Waals surface area contributed by atoms with Crippen molar-refractivity contribution in [3.63, 3.8) is 0 Å². The Morgan fingerprint density at radius 2 is 2.25 bits per heavy atom. The molecule has 16 heavy (non-hydrogen) atoms. The van der Waals surface area contributed by atoms with E-state index in [1.54, 1.807) is 12.1 Å². The molecule has 0 amide bonds. The molecule has 0 aliphatic heterocycles. The fourth-order valence-electron chi connectivity index (χ4n) is 2.56. The highest BCUT2D eigenvalue weighted by Crippen LogP contribution is 2.23. The predicted octanol–water partition coefficient (Wildman–Crippen LogP) is 2.14. The van der Waals surface area contributed by atoms with E-state index in [4.69, 9.17) is 5.73 Å². The zero-order chi connectivity index (χ0) is 11.5. The summed E-state index contributed by atoms with van der Waals surface area (Å²) in [5, 5.41) is 0. The maximum Gasteiger partial charge on any atom is 0.123 e. The summed E-state index contributed by atoms with van der Waals surface area (Å²) < 4.78 is 13.0. The normalized spacial score (nSPS) is 25.2. The molecule has 88 valence electrons. The third-order valence-corrected chi connectivity index (χ3v) is 3.42. The van der Waals surface area contributed by atoms with Crippen LogP contribution in [0.1, 0.15) is 24.8 Å². The van der Waals surface area contributed by atoms with Crippen molar-refractivity contribution in [1.29, 1.82) is 0 Å². The third-order valence-electron chi connectivity index (χ3n) is 3.42. The summed E-state index contributed by atoms with van der Waals surface area (Å²) in [5.74, 6) is -0.165. The minimum absolute atomic E-state index is 0.165. The number of hydrogen-bond acceptors (Lipinski definition) is 2. The van der Waals surface area contributed by atoms with Crippen LogP contribution >= 0.6 is 0 Å². The summed E-state index contributed by atoms with van der Waals surface area (Å²) in [5.41, 5.74) is 7.06. The van der Waals surface area contributed by atoms with E-state index in [0.717, 1.165) is 24.9 Å². The first-order valence-corrected chi connectivity index (χ1v) is 5.87. The van der Waals surface area contributed by atoms with E-state index in [1.165, 1.54) is 12.5 Å². The van der Waals surface area contributed by atoms with Gasteiger partial charge in [0.1, 0.15) is 5.82 Å². The molecule has 1 aromatic rings. The van der Waals surface area contributed by atoms with Gasteiger partial charge in [-0.2, -0.15) is 0 Å². The van der Waals surface area contributed by atoms with E-state index in [2.05, 4.69) is 11.9 Å². The van der Waals surface area contributed by atoms with E-state index in [-0.39, 0.29) is 11.9 Å². The smallest absolute Gasteiger partial charge is 0.123 e. The van der Waals surface area contributed by atoms with E-state index >= 15 is 0 Å². The van der Waals surface area contributed by atoms with Crippen LogP contribution in [-0.2, 0) is 6.54 Å². The Hall–Kier alpha value is -0.930. The molecular weight excluding hydrogens is 203 g/mol. The molecule has 2 N–H and O–H groups in total. The Bertz CT molecular complexity index is 354. The number of benzene rings is 1. The number of nitrogens with two attached hydrogens (primary N) is 1. The molecule has 1 aromatic carbocycles. The highest BCUT2D eigenvalue weighted by atomic mass is 19.1. The number of nitrogens with zero attached hydrogens (tertiary/aromatic N) is 1. The van der Waals surface area contributed by atoms with Crippen LogP contribution in [0.25, 0.3) is 0 Å². The highest BCUT2D eigenvalue weighted by molar-refractivity contribution is 5.16. The van der Waals surface area contributed by atoms with Gasteiger partial charge in [-0.1, -0.05) is 18.6 Å². The van der Waals surface area contributed by atoms with Gasteiger partial charge in [0.25, 0.3) is 0 Å². The second-order valence-corrected chi connectivity index (χ2v) is 4.71. The van der Waals surface area contributed by atoms with Crippen molar-refractivity contribution in [2.75, 3.05) is 7.05 Å². The number of halogens is 1. The molecule has 0 aromatic heterocycles. The van der Waals surface area contributed by atoms with E-state index in [9.17, 15) is 4.39 Å². The summed E-state index contributed by atoms with van der Waals surface area (Å²) >= 11 is 0. The van der Waals surface area contributed by atoms with Crippen molar-refractivity contribution in [3.05, 3.63) is 35.6 Å². The Kier molecular flexibility index (Phi) is 3.56. The zero-order valence-electron chi connectivity index (χ0n) is 9.70. The maximum absolute atomic E-state index is 13.0. The molecule has 0 spiro atoms. The van der Waals surface area contributed by atoms with Crippen molar-refractivity contribution < 1.29 is 4.39 Å². The van der Waals surface area contributed by atoms with Crippen molar-refractivity contribution in [2.45, 2.75) is 37.9 Å². The van der Waals surface area contributed by atoms with Crippen molar-refractivity contribution in [3.8, 4) is 0 Å². The lowest BCUT2D eigenvalue weighted by atomic mass is 10.1. The molecule has 2 rings (SSSR count). The molecular formula is C13H19FN2. The molecule has 2 atom stereocenters. The first kappa shape index (κ1) is 11.6. The van der Waals surface area contributed by atoms with Crippen LogP contribution < -0.4 is 5.73 Å². The van der Waals surface area contributed by atoms with Crippen LogP contribution in [-0.4, -0.2) is 24.0 Å². The summed E-state index contributed by atoms with van der Waals surface area (Å²) in [6.07, 6.45) is 3.48. The molecule has 1 saturated carbocycles. The third kappa shape index (κ3) is 2.60. The number of likely N-dealkylation sites (N-methyl/N-ethyl adjacent to an activating group) is 1. The molecule has 0 heterocycles. The topological polar surface area (TPSA) is 29.3 Å².